The Balaban J connectivity index is 0.000000392. The van der Waals surface area contributed by atoms with Crippen LogP contribution in [0.15, 0.2) is 85.0 Å². The van der Waals surface area contributed by atoms with E-state index in [-0.39, 0.29) is 23.7 Å². The fourth-order valence-electron chi connectivity index (χ4n) is 3.92. The van der Waals surface area contributed by atoms with Crippen LogP contribution in [-0.2, 0) is 6.42 Å². The van der Waals surface area contributed by atoms with E-state index in [2.05, 4.69) is 36.7 Å². The fraction of sp³-hybridized carbons (Fsp3) is 0.212. The molecule has 3 aromatic rings. The molecular weight excluding hydrogens is 472 g/mol. The number of aliphatic hydroxyl groups is 1. The van der Waals surface area contributed by atoms with E-state index in [1.54, 1.807) is 42.5 Å². The number of aliphatic hydroxyl groups excluding tert-OH is 1. The van der Waals surface area contributed by atoms with E-state index in [4.69, 9.17) is 10.8 Å². The number of hydrogen-bond acceptors (Lipinski definition) is 5. The summed E-state index contributed by atoms with van der Waals surface area (Å²) in [5.74, 6) is 5.39. The Hall–Kier alpha value is -4.40. The maximum Gasteiger partial charge on any atom is 0.196 e. The van der Waals surface area contributed by atoms with Gasteiger partial charge in [-0.15, -0.1) is 12.5 Å². The average Bonchev–Trinajstić information content (AvgIpc) is 2.93. The van der Waals surface area contributed by atoms with Crippen molar-refractivity contribution in [3.63, 3.8) is 0 Å². The number of benzene rings is 3. The number of nitrogens with one attached hydrogen (secondary N) is 1. The molecule has 0 heterocycles. The van der Waals surface area contributed by atoms with Crippen molar-refractivity contribution in [3.05, 3.63) is 113 Å². The van der Waals surface area contributed by atoms with Crippen molar-refractivity contribution < 1.29 is 14.7 Å². The zero-order chi connectivity index (χ0) is 28.1. The summed E-state index contributed by atoms with van der Waals surface area (Å²) in [6.45, 7) is 11.3. The van der Waals surface area contributed by atoms with Gasteiger partial charge < -0.3 is 16.2 Å². The van der Waals surface area contributed by atoms with Crippen LogP contribution in [0.25, 0.3) is 0 Å². The van der Waals surface area contributed by atoms with E-state index in [1.807, 2.05) is 45.0 Å². The third-order valence-corrected chi connectivity index (χ3v) is 5.76. The van der Waals surface area contributed by atoms with Crippen LogP contribution in [0.4, 0.5) is 17.1 Å². The van der Waals surface area contributed by atoms with Crippen LogP contribution in [0.2, 0.25) is 0 Å². The number of allylic oxidation sites excluding steroid dienone is 3. The number of fused-ring (bicyclic) bond motifs is 2. The van der Waals surface area contributed by atoms with Gasteiger partial charge in [-0.3, -0.25) is 9.59 Å². The number of carbonyl (C=O) groups excluding carboxylic acids is 2. The lowest BCUT2D eigenvalue weighted by Gasteiger charge is -2.22. The van der Waals surface area contributed by atoms with Gasteiger partial charge in [0.1, 0.15) is 0 Å². The van der Waals surface area contributed by atoms with Gasteiger partial charge in [0.15, 0.2) is 11.6 Å². The molecule has 5 nitrogen and oxygen atoms in total. The molecule has 1 aliphatic carbocycles. The molecule has 0 fully saturated rings. The maximum atomic E-state index is 13.1. The summed E-state index contributed by atoms with van der Waals surface area (Å²) in [6, 6.07) is 17.7. The zero-order valence-corrected chi connectivity index (χ0v) is 22.6. The molecule has 0 unspecified atom stereocenters. The predicted octanol–water partition coefficient (Wildman–Crippen LogP) is 6.88. The molecule has 4 rings (SSSR count). The van der Waals surface area contributed by atoms with Crippen molar-refractivity contribution in [2.45, 2.75) is 40.5 Å². The highest BCUT2D eigenvalue weighted by molar-refractivity contribution is 6.31. The van der Waals surface area contributed by atoms with E-state index in [0.29, 0.717) is 34.5 Å². The number of rotatable bonds is 5. The molecule has 5 heteroatoms. The lowest BCUT2D eigenvalue weighted by molar-refractivity contribution is 0.0980. The summed E-state index contributed by atoms with van der Waals surface area (Å²) in [7, 11) is 0. The van der Waals surface area contributed by atoms with Gasteiger partial charge in [0.25, 0.3) is 0 Å². The number of hydrogen-bond donors (Lipinski definition) is 3. The fourth-order valence-corrected chi connectivity index (χ4v) is 3.92. The van der Waals surface area contributed by atoms with Crippen LogP contribution in [0.1, 0.15) is 71.5 Å². The molecule has 196 valence electrons. The molecular formula is C33H36N2O3. The third-order valence-electron chi connectivity index (χ3n) is 5.76. The summed E-state index contributed by atoms with van der Waals surface area (Å²) in [6.07, 6.45) is 5.44. The first-order chi connectivity index (χ1) is 18.4. The average molecular weight is 509 g/mol. The molecule has 3 aromatic carbocycles. The lowest BCUT2D eigenvalue weighted by atomic mass is 9.82. The zero-order valence-electron chi connectivity index (χ0n) is 22.6. The quantitative estimate of drug-likeness (QED) is 0.155. The number of ketones is 2. The maximum absolute atomic E-state index is 13.1. The first-order valence-electron chi connectivity index (χ1n) is 12.6. The summed E-state index contributed by atoms with van der Waals surface area (Å²) in [4.78, 5) is 26.0. The minimum absolute atomic E-state index is 0.0915. The SMILES string of the molecule is C=CC.CC#C/C(=C\C)CC.Nc1ccc(Nc2ccc(CCO)cc2)c2c1C(=O)c1ccccc1C2=O. The van der Waals surface area contributed by atoms with Crippen molar-refractivity contribution >= 4 is 28.6 Å². The van der Waals surface area contributed by atoms with Crippen molar-refractivity contribution in [2.75, 3.05) is 17.7 Å². The first-order valence-corrected chi connectivity index (χ1v) is 12.6. The van der Waals surface area contributed by atoms with E-state index in [1.165, 1.54) is 5.57 Å². The monoisotopic (exact) mass is 508 g/mol. The Labute approximate surface area is 226 Å². The smallest absolute Gasteiger partial charge is 0.196 e. The van der Waals surface area contributed by atoms with Gasteiger partial charge in [-0.25, -0.2) is 0 Å². The first kappa shape index (κ1) is 29.8. The molecule has 38 heavy (non-hydrogen) atoms. The number of anilines is 3. The van der Waals surface area contributed by atoms with Crippen molar-refractivity contribution in [1.82, 2.24) is 0 Å². The minimum Gasteiger partial charge on any atom is -0.398 e. The Morgan fingerprint density at radius 2 is 1.55 bits per heavy atom. The van der Waals surface area contributed by atoms with Gasteiger partial charge in [0.05, 0.1) is 16.8 Å². The molecule has 0 aromatic heterocycles. The second-order valence-electron chi connectivity index (χ2n) is 8.40. The Kier molecular flexibility index (Phi) is 11.8. The molecule has 0 saturated heterocycles. The highest BCUT2D eigenvalue weighted by Crippen LogP contribution is 2.36. The Morgan fingerprint density at radius 3 is 2.03 bits per heavy atom. The topological polar surface area (TPSA) is 92.4 Å². The van der Waals surface area contributed by atoms with Gasteiger partial charge in [0.2, 0.25) is 0 Å². The number of nitrogen functional groups attached to an aromatic ring is 1. The van der Waals surface area contributed by atoms with Crippen molar-refractivity contribution in [2.24, 2.45) is 0 Å². The molecule has 0 radical (unpaired) electrons. The van der Waals surface area contributed by atoms with Crippen LogP contribution < -0.4 is 11.1 Å². The standard InChI is InChI=1S/C22H18N2O3.C8H12.C3H6/c23-17-9-10-18(24-14-7-5-13(6-8-14)11-12-25)20-19(17)21(26)15-3-1-2-4-16(15)22(20)27;1-4-7-8(5-2)6-3;1-3-2/h1-10,24-25H,11-12,23H2;5H,6H2,1-3H3;3H,1H2,2H3/b;8-5-;. The van der Waals surface area contributed by atoms with Crippen LogP contribution in [0.5, 0.6) is 0 Å². The molecule has 4 N–H and O–H groups in total. The van der Waals surface area contributed by atoms with Crippen LogP contribution >= 0.6 is 0 Å². The van der Waals surface area contributed by atoms with Crippen molar-refractivity contribution in [3.8, 4) is 11.8 Å². The van der Waals surface area contributed by atoms with Gasteiger partial charge >= 0.3 is 0 Å². The summed E-state index contributed by atoms with van der Waals surface area (Å²) in [5.41, 5.74) is 11.2. The number of carbonyl (C=O) groups is 2. The molecule has 0 aliphatic heterocycles. The Morgan fingerprint density at radius 1 is 0.974 bits per heavy atom. The van der Waals surface area contributed by atoms with Crippen LogP contribution in [0.3, 0.4) is 0 Å². The highest BCUT2D eigenvalue weighted by atomic mass is 16.3. The largest absolute Gasteiger partial charge is 0.398 e. The molecule has 0 atom stereocenters. The number of nitrogens with two attached hydrogens (primary N) is 1. The van der Waals surface area contributed by atoms with Gasteiger partial charge in [-0.2, -0.15) is 0 Å². The van der Waals surface area contributed by atoms with Gasteiger partial charge in [-0.05, 0) is 69.0 Å². The van der Waals surface area contributed by atoms with Crippen molar-refractivity contribution in [1.29, 1.82) is 0 Å². The molecule has 0 saturated carbocycles. The van der Waals surface area contributed by atoms with E-state index >= 15 is 0 Å². The molecule has 1 aliphatic rings. The van der Waals surface area contributed by atoms with Crippen LogP contribution in [-0.4, -0.2) is 23.3 Å². The predicted molar refractivity (Wildman–Crippen MR) is 158 cm³/mol. The van der Waals surface area contributed by atoms with Gasteiger partial charge in [-0.1, -0.05) is 61.4 Å². The van der Waals surface area contributed by atoms with E-state index in [0.717, 1.165) is 17.7 Å². The molecule has 0 amide bonds. The Bertz CT molecular complexity index is 1370. The summed E-state index contributed by atoms with van der Waals surface area (Å²) >= 11 is 0. The second kappa shape index (κ2) is 15.0. The lowest BCUT2D eigenvalue weighted by Crippen LogP contribution is -2.23. The van der Waals surface area contributed by atoms with E-state index < -0.39 is 0 Å². The van der Waals surface area contributed by atoms with Gasteiger partial charge in [0, 0.05) is 29.1 Å². The third kappa shape index (κ3) is 7.32. The molecule has 0 bridgehead atoms. The highest BCUT2D eigenvalue weighted by Gasteiger charge is 2.33. The molecule has 0 spiro atoms. The normalized spacial score (nSPS) is 11.3. The summed E-state index contributed by atoms with van der Waals surface area (Å²) < 4.78 is 0. The van der Waals surface area contributed by atoms with E-state index in [9.17, 15) is 9.59 Å². The summed E-state index contributed by atoms with van der Waals surface area (Å²) in [5, 5.41) is 12.2. The van der Waals surface area contributed by atoms with Crippen LogP contribution in [0, 0.1) is 11.8 Å². The minimum atomic E-state index is -0.236. The second-order valence-corrected chi connectivity index (χ2v) is 8.40.